The Morgan fingerprint density at radius 1 is 0.800 bits per heavy atom. The monoisotopic (exact) mass is 265 g/mol. The van der Waals surface area contributed by atoms with Crippen molar-refractivity contribution in [3.05, 3.63) is 55.1 Å². The summed E-state index contributed by atoms with van der Waals surface area (Å²) in [5, 5.41) is 0. The quantitative estimate of drug-likeness (QED) is 0.770. The van der Waals surface area contributed by atoms with Crippen molar-refractivity contribution in [3.63, 3.8) is 0 Å². The van der Waals surface area contributed by atoms with E-state index < -0.39 is 0 Å². The third-order valence-electron chi connectivity index (χ3n) is 2.53. The lowest BCUT2D eigenvalue weighted by molar-refractivity contribution is 0.989. The van der Waals surface area contributed by atoms with Crippen LogP contribution in [0.5, 0.6) is 0 Å². The fourth-order valence-electron chi connectivity index (χ4n) is 1.70. The van der Waals surface area contributed by atoms with Crippen molar-refractivity contribution >= 4 is 23.5 Å². The van der Waals surface area contributed by atoms with E-state index >= 15 is 0 Å². The lowest BCUT2D eigenvalue weighted by atomic mass is 10.4. The van der Waals surface area contributed by atoms with E-state index in [-0.39, 0.29) is 5.95 Å². The molecule has 0 radical (unpaired) electrons. The van der Waals surface area contributed by atoms with Gasteiger partial charge in [0.05, 0.1) is 0 Å². The van der Waals surface area contributed by atoms with E-state index in [1.807, 2.05) is 36.4 Å². The molecular weight excluding hydrogens is 254 g/mol. The zero-order valence-corrected chi connectivity index (χ0v) is 10.5. The van der Waals surface area contributed by atoms with Gasteiger partial charge in [-0.2, -0.15) is 4.98 Å². The number of hydrogen-bond acceptors (Lipinski definition) is 7. The van der Waals surface area contributed by atoms with Crippen molar-refractivity contribution in [2.45, 2.75) is 0 Å². The average Bonchev–Trinajstić information content (AvgIpc) is 2.50. The van der Waals surface area contributed by atoms with E-state index in [0.29, 0.717) is 17.6 Å². The largest absolute Gasteiger partial charge is 0.368 e. The van der Waals surface area contributed by atoms with Crippen molar-refractivity contribution in [1.82, 2.24) is 24.9 Å². The van der Waals surface area contributed by atoms with Crippen LogP contribution in [0.4, 0.5) is 23.5 Å². The summed E-state index contributed by atoms with van der Waals surface area (Å²) in [6.07, 6.45) is 4.74. The van der Waals surface area contributed by atoms with Crippen LogP contribution in [-0.4, -0.2) is 24.9 Å². The van der Waals surface area contributed by atoms with Gasteiger partial charge in [-0.15, -0.1) is 0 Å². The Hall–Kier alpha value is -3.09. The van der Waals surface area contributed by atoms with Gasteiger partial charge in [0.25, 0.3) is 0 Å². The molecule has 0 fully saturated rings. The second-order valence-corrected chi connectivity index (χ2v) is 3.85. The highest BCUT2D eigenvalue weighted by atomic mass is 15.3. The molecule has 0 saturated heterocycles. The Morgan fingerprint density at radius 3 is 1.95 bits per heavy atom. The molecule has 0 spiro atoms. The lowest BCUT2D eigenvalue weighted by Gasteiger charge is -2.20. The Bertz CT molecular complexity index is 648. The molecule has 20 heavy (non-hydrogen) atoms. The smallest absolute Gasteiger partial charge is 0.241 e. The van der Waals surface area contributed by atoms with Crippen LogP contribution in [0.3, 0.4) is 0 Å². The zero-order chi connectivity index (χ0) is 13.8. The summed E-state index contributed by atoms with van der Waals surface area (Å²) < 4.78 is 0. The molecule has 0 bridgehead atoms. The standard InChI is InChI=1S/C13H11N7/c14-12-17-9-18-13(19-12)20(10-5-1-3-7-15-10)11-6-2-4-8-16-11/h1-9H,(H2,14,17,18,19). The summed E-state index contributed by atoms with van der Waals surface area (Å²) in [5.41, 5.74) is 5.62. The SMILES string of the molecule is Nc1ncnc(N(c2ccccn2)c2ccccn2)n1. The highest BCUT2D eigenvalue weighted by Gasteiger charge is 2.17. The van der Waals surface area contributed by atoms with Crippen molar-refractivity contribution in [1.29, 1.82) is 0 Å². The first-order chi connectivity index (χ1) is 9.84. The molecule has 0 atom stereocenters. The lowest BCUT2D eigenvalue weighted by Crippen LogP contribution is -2.16. The maximum absolute atomic E-state index is 5.62. The van der Waals surface area contributed by atoms with Crippen molar-refractivity contribution in [3.8, 4) is 0 Å². The second kappa shape index (κ2) is 5.27. The number of anilines is 4. The number of hydrogen-bond donors (Lipinski definition) is 1. The minimum Gasteiger partial charge on any atom is -0.368 e. The summed E-state index contributed by atoms with van der Waals surface area (Å²) >= 11 is 0. The number of nitrogens with two attached hydrogens (primary N) is 1. The van der Waals surface area contributed by atoms with Gasteiger partial charge in [-0.1, -0.05) is 12.1 Å². The van der Waals surface area contributed by atoms with Crippen LogP contribution in [0, 0.1) is 0 Å². The maximum atomic E-state index is 5.62. The van der Waals surface area contributed by atoms with Crippen LogP contribution in [0.1, 0.15) is 0 Å². The van der Waals surface area contributed by atoms with Crippen LogP contribution in [0.2, 0.25) is 0 Å². The number of nitrogen functional groups attached to an aromatic ring is 1. The van der Waals surface area contributed by atoms with Gasteiger partial charge in [-0.05, 0) is 24.3 Å². The van der Waals surface area contributed by atoms with E-state index in [2.05, 4.69) is 24.9 Å². The molecule has 7 nitrogen and oxygen atoms in total. The molecule has 0 amide bonds. The van der Waals surface area contributed by atoms with Gasteiger partial charge in [0, 0.05) is 12.4 Å². The molecule has 3 aromatic heterocycles. The summed E-state index contributed by atoms with van der Waals surface area (Å²) in [6, 6.07) is 11.1. The van der Waals surface area contributed by atoms with Crippen LogP contribution in [0.25, 0.3) is 0 Å². The number of pyridine rings is 2. The molecule has 0 unspecified atom stereocenters. The zero-order valence-electron chi connectivity index (χ0n) is 10.5. The van der Waals surface area contributed by atoms with E-state index in [4.69, 9.17) is 5.73 Å². The molecule has 2 N–H and O–H groups in total. The highest BCUT2D eigenvalue weighted by Crippen LogP contribution is 2.27. The van der Waals surface area contributed by atoms with E-state index in [1.54, 1.807) is 17.3 Å². The van der Waals surface area contributed by atoms with Crippen LogP contribution < -0.4 is 10.6 Å². The molecule has 7 heteroatoms. The number of rotatable bonds is 3. The molecule has 0 aliphatic heterocycles. The first kappa shape index (κ1) is 12.0. The fraction of sp³-hybridized carbons (Fsp3) is 0. The maximum Gasteiger partial charge on any atom is 0.241 e. The first-order valence-corrected chi connectivity index (χ1v) is 5.91. The minimum atomic E-state index is 0.145. The Balaban J connectivity index is 2.14. The normalized spacial score (nSPS) is 10.2. The molecule has 0 saturated carbocycles. The van der Waals surface area contributed by atoms with Crippen molar-refractivity contribution in [2.24, 2.45) is 0 Å². The van der Waals surface area contributed by atoms with Crippen LogP contribution in [-0.2, 0) is 0 Å². The third-order valence-corrected chi connectivity index (χ3v) is 2.53. The van der Waals surface area contributed by atoms with E-state index in [0.717, 1.165) is 0 Å². The summed E-state index contributed by atoms with van der Waals surface area (Å²) in [7, 11) is 0. The summed E-state index contributed by atoms with van der Waals surface area (Å²) in [6.45, 7) is 0. The highest BCUT2D eigenvalue weighted by molar-refractivity contribution is 5.66. The Kier molecular flexibility index (Phi) is 3.15. The van der Waals surface area contributed by atoms with Gasteiger partial charge in [0.15, 0.2) is 0 Å². The molecule has 0 aromatic carbocycles. The molecule has 0 aliphatic carbocycles. The molecular formula is C13H11N7. The third kappa shape index (κ3) is 2.37. The fourth-order valence-corrected chi connectivity index (χ4v) is 1.70. The van der Waals surface area contributed by atoms with Gasteiger partial charge in [-0.3, -0.25) is 0 Å². The summed E-state index contributed by atoms with van der Waals surface area (Å²) in [4.78, 5) is 22.4. The first-order valence-electron chi connectivity index (χ1n) is 5.91. The van der Waals surface area contributed by atoms with Gasteiger partial charge in [-0.25, -0.2) is 24.8 Å². The molecule has 0 aliphatic rings. The Labute approximate surface area is 115 Å². The molecule has 3 heterocycles. The topological polar surface area (TPSA) is 93.7 Å². The molecule has 3 aromatic rings. The predicted molar refractivity (Wildman–Crippen MR) is 74.5 cm³/mol. The van der Waals surface area contributed by atoms with Crippen molar-refractivity contribution in [2.75, 3.05) is 10.6 Å². The second-order valence-electron chi connectivity index (χ2n) is 3.85. The number of nitrogens with zero attached hydrogens (tertiary/aromatic N) is 6. The van der Waals surface area contributed by atoms with Gasteiger partial charge < -0.3 is 5.73 Å². The Morgan fingerprint density at radius 2 is 1.45 bits per heavy atom. The van der Waals surface area contributed by atoms with Crippen LogP contribution >= 0.6 is 0 Å². The van der Waals surface area contributed by atoms with Crippen LogP contribution in [0.15, 0.2) is 55.1 Å². The minimum absolute atomic E-state index is 0.145. The van der Waals surface area contributed by atoms with Gasteiger partial charge >= 0.3 is 0 Å². The van der Waals surface area contributed by atoms with Crippen molar-refractivity contribution < 1.29 is 0 Å². The van der Waals surface area contributed by atoms with E-state index in [9.17, 15) is 0 Å². The van der Waals surface area contributed by atoms with E-state index in [1.165, 1.54) is 6.33 Å². The summed E-state index contributed by atoms with van der Waals surface area (Å²) in [5.74, 6) is 1.82. The van der Waals surface area contributed by atoms with Gasteiger partial charge in [0.2, 0.25) is 11.9 Å². The molecule has 3 rings (SSSR count). The molecule has 98 valence electrons. The number of aromatic nitrogens is 5. The predicted octanol–water partition coefficient (Wildman–Crippen LogP) is 1.71. The average molecular weight is 265 g/mol. The van der Waals surface area contributed by atoms with Gasteiger partial charge in [0.1, 0.15) is 18.0 Å².